The summed E-state index contributed by atoms with van der Waals surface area (Å²) in [5.41, 5.74) is 4.80. The van der Waals surface area contributed by atoms with Crippen LogP contribution in [-0.4, -0.2) is 56.8 Å². The Balaban J connectivity index is 1.22. The second-order valence-electron chi connectivity index (χ2n) is 9.88. The molecule has 0 unspecified atom stereocenters. The van der Waals surface area contributed by atoms with Crippen molar-refractivity contribution in [1.82, 2.24) is 10.2 Å². The predicted molar refractivity (Wildman–Crippen MR) is 142 cm³/mol. The average Bonchev–Trinajstić information content (AvgIpc) is 3.42. The number of allylic oxidation sites excluding steroid dienone is 3. The molecule has 6 nitrogen and oxygen atoms in total. The fraction of sp³-hybridized carbons (Fsp3) is 0.433. The Labute approximate surface area is 213 Å². The minimum Gasteiger partial charge on any atom is -0.497 e. The molecular weight excluding hydrogens is 452 g/mol. The zero-order valence-corrected chi connectivity index (χ0v) is 21.1. The number of likely N-dealkylation sites (tertiary alicyclic amines) is 1. The number of nitrogens with one attached hydrogen (secondary N) is 1. The molecule has 3 aliphatic rings. The van der Waals surface area contributed by atoms with Crippen LogP contribution in [0.2, 0.25) is 0 Å². The molecule has 1 atom stereocenters. The summed E-state index contributed by atoms with van der Waals surface area (Å²) in [6, 6.07) is 14.4. The molecule has 0 bridgehead atoms. The van der Waals surface area contributed by atoms with Crippen LogP contribution in [0.25, 0.3) is 5.57 Å². The number of benzene rings is 2. The first kappa shape index (κ1) is 24.4. The highest BCUT2D eigenvalue weighted by Gasteiger charge is 2.22. The topological polar surface area (TPSA) is 60.0 Å². The second-order valence-corrected chi connectivity index (χ2v) is 9.88. The van der Waals surface area contributed by atoms with Crippen LogP contribution in [0, 0.1) is 0 Å². The van der Waals surface area contributed by atoms with Crippen molar-refractivity contribution < 1.29 is 19.0 Å². The molecule has 2 heterocycles. The molecule has 2 aromatic carbocycles. The van der Waals surface area contributed by atoms with Crippen molar-refractivity contribution in [2.45, 2.75) is 44.6 Å². The van der Waals surface area contributed by atoms with Gasteiger partial charge in [-0.3, -0.25) is 4.79 Å². The summed E-state index contributed by atoms with van der Waals surface area (Å²) in [4.78, 5) is 15.6. The Morgan fingerprint density at radius 1 is 1.03 bits per heavy atom. The van der Waals surface area contributed by atoms with Crippen LogP contribution in [0.3, 0.4) is 0 Å². The standard InChI is InChI=1S/C30H36N2O4/c1-34-27-6-4-5-25(20-27)24-10-7-22(8-11-24)19-30(33)31-26(21-32-13-2-3-14-32)17-23-9-12-28-29(18-23)36-16-15-35-28/h4-7,9-10,12,18,20,26H,2-3,8,11,13-17,19,21H2,1H3,(H,31,33)/t26-/m0/s1. The van der Waals surface area contributed by atoms with Crippen LogP contribution in [0.15, 0.2) is 60.2 Å². The van der Waals surface area contributed by atoms with Crippen molar-refractivity contribution in [3.05, 3.63) is 71.3 Å². The summed E-state index contributed by atoms with van der Waals surface area (Å²) in [6.07, 6.45) is 9.79. The number of hydrogen-bond acceptors (Lipinski definition) is 5. The van der Waals surface area contributed by atoms with Crippen LogP contribution in [0.1, 0.15) is 43.2 Å². The minimum atomic E-state index is 0.0604. The van der Waals surface area contributed by atoms with Gasteiger partial charge in [0.05, 0.1) is 7.11 Å². The first-order valence-corrected chi connectivity index (χ1v) is 13.1. The van der Waals surface area contributed by atoms with Crippen molar-refractivity contribution in [1.29, 1.82) is 0 Å². The Kier molecular flexibility index (Phi) is 7.91. The van der Waals surface area contributed by atoms with Gasteiger partial charge in [0.1, 0.15) is 19.0 Å². The number of carbonyl (C=O) groups is 1. The molecule has 0 spiro atoms. The molecule has 2 aliphatic heterocycles. The van der Waals surface area contributed by atoms with Gasteiger partial charge in [0.15, 0.2) is 11.5 Å². The maximum absolute atomic E-state index is 13.1. The molecule has 1 amide bonds. The number of amides is 1. The van der Waals surface area contributed by atoms with Crippen LogP contribution in [0.5, 0.6) is 17.2 Å². The molecule has 0 radical (unpaired) electrons. The summed E-state index contributed by atoms with van der Waals surface area (Å²) >= 11 is 0. The Bertz CT molecular complexity index is 1130. The molecule has 190 valence electrons. The number of fused-ring (bicyclic) bond motifs is 1. The second kappa shape index (κ2) is 11.7. The van der Waals surface area contributed by atoms with Gasteiger partial charge in [-0.15, -0.1) is 0 Å². The van der Waals surface area contributed by atoms with Crippen LogP contribution in [0.4, 0.5) is 0 Å². The molecule has 0 aromatic heterocycles. The van der Waals surface area contributed by atoms with Gasteiger partial charge >= 0.3 is 0 Å². The predicted octanol–water partition coefficient (Wildman–Crippen LogP) is 4.78. The molecule has 5 rings (SSSR count). The van der Waals surface area contributed by atoms with E-state index in [1.165, 1.54) is 29.6 Å². The highest BCUT2D eigenvalue weighted by atomic mass is 16.6. The minimum absolute atomic E-state index is 0.0604. The molecule has 1 aliphatic carbocycles. The van der Waals surface area contributed by atoms with Crippen molar-refractivity contribution >= 4 is 11.5 Å². The lowest BCUT2D eigenvalue weighted by Gasteiger charge is -2.26. The van der Waals surface area contributed by atoms with Crippen molar-refractivity contribution in [2.24, 2.45) is 0 Å². The third-order valence-corrected chi connectivity index (χ3v) is 7.19. The normalized spacial score (nSPS) is 18.2. The third kappa shape index (κ3) is 6.30. The number of nitrogens with zero attached hydrogens (tertiary/aromatic N) is 1. The van der Waals surface area contributed by atoms with Gasteiger partial charge in [0, 0.05) is 19.0 Å². The molecule has 36 heavy (non-hydrogen) atoms. The van der Waals surface area contributed by atoms with Gasteiger partial charge in [0.25, 0.3) is 0 Å². The van der Waals surface area contributed by atoms with E-state index in [0.717, 1.165) is 61.7 Å². The summed E-state index contributed by atoms with van der Waals surface area (Å²) in [6.45, 7) is 4.26. The van der Waals surface area contributed by atoms with E-state index < -0.39 is 0 Å². The van der Waals surface area contributed by atoms with Gasteiger partial charge < -0.3 is 24.4 Å². The zero-order valence-electron chi connectivity index (χ0n) is 21.1. The Hall–Kier alpha value is -3.25. The Morgan fingerprint density at radius 2 is 1.86 bits per heavy atom. The number of rotatable bonds is 9. The van der Waals surface area contributed by atoms with Crippen LogP contribution in [-0.2, 0) is 11.2 Å². The average molecular weight is 489 g/mol. The molecule has 2 aromatic rings. The van der Waals surface area contributed by atoms with E-state index in [0.29, 0.717) is 19.6 Å². The van der Waals surface area contributed by atoms with Crippen molar-refractivity contribution in [3.8, 4) is 17.2 Å². The summed E-state index contributed by atoms with van der Waals surface area (Å²) in [5.74, 6) is 2.57. The van der Waals surface area contributed by atoms with E-state index in [4.69, 9.17) is 14.2 Å². The Morgan fingerprint density at radius 3 is 2.64 bits per heavy atom. The quantitative estimate of drug-likeness (QED) is 0.550. The van der Waals surface area contributed by atoms with Gasteiger partial charge in [-0.25, -0.2) is 0 Å². The summed E-state index contributed by atoms with van der Waals surface area (Å²) in [7, 11) is 1.69. The van der Waals surface area contributed by atoms with Crippen molar-refractivity contribution in [2.75, 3.05) is 40.0 Å². The molecular formula is C30H36N2O4. The lowest BCUT2D eigenvalue weighted by molar-refractivity contribution is -0.121. The number of carbonyl (C=O) groups excluding carboxylic acids is 1. The first-order chi connectivity index (χ1) is 17.7. The van der Waals surface area contributed by atoms with E-state index in [-0.39, 0.29) is 11.9 Å². The van der Waals surface area contributed by atoms with E-state index >= 15 is 0 Å². The number of ether oxygens (including phenoxy) is 3. The van der Waals surface area contributed by atoms with E-state index in [1.807, 2.05) is 18.2 Å². The summed E-state index contributed by atoms with van der Waals surface area (Å²) < 4.78 is 16.8. The SMILES string of the molecule is COc1cccc(C2=CC=C(CC(=O)N[C@@H](Cc3ccc4c(c3)OCCO4)CN3CCCC3)CC2)c1. The number of hydrogen-bond donors (Lipinski definition) is 1. The molecule has 1 saturated heterocycles. The molecule has 1 N–H and O–H groups in total. The van der Waals surface area contributed by atoms with Crippen molar-refractivity contribution in [3.63, 3.8) is 0 Å². The molecule has 0 saturated carbocycles. The van der Waals surface area contributed by atoms with Gasteiger partial charge in [-0.1, -0.05) is 35.9 Å². The lowest BCUT2D eigenvalue weighted by atomic mass is 9.91. The number of methoxy groups -OCH3 is 1. The first-order valence-electron chi connectivity index (χ1n) is 13.1. The third-order valence-electron chi connectivity index (χ3n) is 7.19. The van der Waals surface area contributed by atoms with Crippen LogP contribution >= 0.6 is 0 Å². The van der Waals surface area contributed by atoms with Gasteiger partial charge in [-0.2, -0.15) is 0 Å². The largest absolute Gasteiger partial charge is 0.497 e. The van der Waals surface area contributed by atoms with E-state index in [1.54, 1.807) is 7.11 Å². The van der Waals surface area contributed by atoms with Crippen LogP contribution < -0.4 is 19.5 Å². The maximum atomic E-state index is 13.1. The summed E-state index contributed by atoms with van der Waals surface area (Å²) in [5, 5.41) is 3.35. The van der Waals surface area contributed by atoms with Gasteiger partial charge in [0.2, 0.25) is 5.91 Å². The lowest BCUT2D eigenvalue weighted by Crippen LogP contribution is -2.44. The molecule has 6 heteroatoms. The zero-order chi connectivity index (χ0) is 24.7. The highest BCUT2D eigenvalue weighted by Crippen LogP contribution is 2.32. The van der Waals surface area contributed by atoms with Gasteiger partial charge in [-0.05, 0) is 86.2 Å². The monoisotopic (exact) mass is 488 g/mol. The molecule has 1 fully saturated rings. The highest BCUT2D eigenvalue weighted by molar-refractivity contribution is 5.80. The smallest absolute Gasteiger partial charge is 0.224 e. The maximum Gasteiger partial charge on any atom is 0.224 e. The van der Waals surface area contributed by atoms with E-state index in [2.05, 4.69) is 46.6 Å². The van der Waals surface area contributed by atoms with E-state index in [9.17, 15) is 4.79 Å². The fourth-order valence-corrected chi connectivity index (χ4v) is 5.31. The fourth-order valence-electron chi connectivity index (χ4n) is 5.31.